The predicted molar refractivity (Wildman–Crippen MR) is 84.0 cm³/mol. The summed E-state index contributed by atoms with van der Waals surface area (Å²) >= 11 is 12.0. The van der Waals surface area contributed by atoms with Crippen molar-refractivity contribution < 1.29 is 0 Å². The van der Waals surface area contributed by atoms with Gasteiger partial charge < -0.3 is 11.5 Å². The molecule has 0 aliphatic rings. The van der Waals surface area contributed by atoms with Crippen LogP contribution in [0.25, 0.3) is 5.69 Å². The quantitative estimate of drug-likeness (QED) is 0.705. The fourth-order valence-corrected chi connectivity index (χ4v) is 2.63. The summed E-state index contributed by atoms with van der Waals surface area (Å²) in [4.78, 5) is 12.0. The summed E-state index contributed by atoms with van der Waals surface area (Å²) in [5.74, 6) is 0.454. The monoisotopic (exact) mass is 329 g/mol. The smallest absolute Gasteiger partial charge is 0.330 e. The van der Waals surface area contributed by atoms with Crippen LogP contribution < -0.4 is 17.2 Å². The molecule has 0 unspecified atom stereocenters. The van der Waals surface area contributed by atoms with Gasteiger partial charge in [-0.15, -0.1) is 0 Å². The number of unbranched alkanes of at least 4 members (excludes halogenated alkanes) is 1. The van der Waals surface area contributed by atoms with Crippen molar-refractivity contribution >= 4 is 23.2 Å². The minimum absolute atomic E-state index is 0.367. The third-order valence-electron chi connectivity index (χ3n) is 3.10. The van der Waals surface area contributed by atoms with Crippen LogP contribution in [0.15, 0.2) is 23.0 Å². The maximum absolute atomic E-state index is 12.0. The molecule has 8 heteroatoms. The lowest BCUT2D eigenvalue weighted by Gasteiger charge is -2.12. The fourth-order valence-electron chi connectivity index (χ4n) is 2.11. The van der Waals surface area contributed by atoms with E-state index in [0.717, 1.165) is 12.8 Å². The number of aromatic amines is 1. The molecule has 2 rings (SSSR count). The molecule has 0 fully saturated rings. The summed E-state index contributed by atoms with van der Waals surface area (Å²) < 4.78 is 1.39. The lowest BCUT2D eigenvalue weighted by molar-refractivity contribution is 0.557. The van der Waals surface area contributed by atoms with Gasteiger partial charge in [0.2, 0.25) is 0 Å². The molecule has 0 aliphatic carbocycles. The van der Waals surface area contributed by atoms with E-state index in [4.69, 9.17) is 34.7 Å². The zero-order valence-corrected chi connectivity index (χ0v) is 12.9. The highest BCUT2D eigenvalue weighted by molar-refractivity contribution is 6.34. The van der Waals surface area contributed by atoms with Crippen LogP contribution in [0.5, 0.6) is 0 Å². The number of hydrogen-bond donors (Lipinski definition) is 3. The first-order chi connectivity index (χ1) is 10.0. The number of halogens is 2. The Hall–Kier alpha value is -1.34. The Bertz CT molecular complexity index is 647. The zero-order chi connectivity index (χ0) is 15.4. The van der Waals surface area contributed by atoms with Crippen LogP contribution in [-0.2, 0) is 0 Å². The highest BCUT2D eigenvalue weighted by Gasteiger charge is 2.17. The van der Waals surface area contributed by atoms with E-state index in [1.54, 1.807) is 18.2 Å². The Balaban J connectivity index is 2.35. The molecular weight excluding hydrogens is 313 g/mol. The fraction of sp³-hybridized carbons (Fsp3) is 0.385. The predicted octanol–water partition coefficient (Wildman–Crippen LogP) is 2.00. The van der Waals surface area contributed by atoms with E-state index in [1.807, 2.05) is 0 Å². The van der Waals surface area contributed by atoms with E-state index < -0.39 is 0 Å². The normalized spacial score (nSPS) is 12.6. The Morgan fingerprint density at radius 2 is 1.90 bits per heavy atom. The highest BCUT2D eigenvalue weighted by Crippen LogP contribution is 2.23. The Kier molecular flexibility index (Phi) is 5.41. The zero-order valence-electron chi connectivity index (χ0n) is 11.4. The van der Waals surface area contributed by atoms with Gasteiger partial charge in [-0.25, -0.2) is 14.5 Å². The van der Waals surface area contributed by atoms with Gasteiger partial charge in [-0.1, -0.05) is 29.6 Å². The van der Waals surface area contributed by atoms with Gasteiger partial charge in [0.05, 0.1) is 11.7 Å². The van der Waals surface area contributed by atoms with Crippen LogP contribution in [0.4, 0.5) is 0 Å². The molecule has 1 aromatic heterocycles. The average molecular weight is 330 g/mol. The summed E-state index contributed by atoms with van der Waals surface area (Å²) in [5, 5.41) is 7.30. The molecule has 0 amide bonds. The number of nitrogens with one attached hydrogen (secondary N) is 1. The molecule has 1 heterocycles. The molecular formula is C13H17Cl2N5O. The summed E-state index contributed by atoms with van der Waals surface area (Å²) in [6.07, 6.45) is 2.44. The maximum Gasteiger partial charge on any atom is 0.347 e. The maximum atomic E-state index is 12.0. The number of benzene rings is 1. The van der Waals surface area contributed by atoms with E-state index in [-0.39, 0.29) is 11.7 Å². The number of aromatic nitrogens is 3. The Morgan fingerprint density at radius 3 is 2.52 bits per heavy atom. The molecule has 114 valence electrons. The van der Waals surface area contributed by atoms with Crippen LogP contribution in [0.2, 0.25) is 10.0 Å². The number of nitrogens with two attached hydrogens (primary N) is 2. The molecule has 21 heavy (non-hydrogen) atoms. The second-order valence-corrected chi connectivity index (χ2v) is 5.61. The molecule has 1 atom stereocenters. The van der Waals surface area contributed by atoms with Gasteiger partial charge in [0.15, 0.2) is 5.82 Å². The van der Waals surface area contributed by atoms with Crippen molar-refractivity contribution in [2.45, 2.75) is 25.3 Å². The van der Waals surface area contributed by atoms with Crippen molar-refractivity contribution in [1.29, 1.82) is 0 Å². The number of rotatable bonds is 6. The molecule has 0 saturated heterocycles. The van der Waals surface area contributed by atoms with Crippen molar-refractivity contribution in [3.8, 4) is 5.69 Å². The van der Waals surface area contributed by atoms with Crippen LogP contribution in [0.3, 0.4) is 0 Å². The molecule has 6 nitrogen and oxygen atoms in total. The van der Waals surface area contributed by atoms with E-state index in [9.17, 15) is 4.79 Å². The molecule has 5 N–H and O–H groups in total. The topological polar surface area (TPSA) is 103 Å². The van der Waals surface area contributed by atoms with Gasteiger partial charge >= 0.3 is 5.69 Å². The standard InChI is InChI=1S/C13H17Cl2N5O/c14-8-5-9(15)7-10(6-8)20-12(18-19-13(20)21)11(17)3-1-2-4-16/h5-7,11H,1-4,16-17H2,(H,19,21)/t11-/m0/s1. The van der Waals surface area contributed by atoms with E-state index >= 15 is 0 Å². The van der Waals surface area contributed by atoms with Crippen LogP contribution in [0.1, 0.15) is 31.1 Å². The van der Waals surface area contributed by atoms with Gasteiger partial charge in [-0.2, -0.15) is 5.10 Å². The molecule has 0 aliphatic heterocycles. The Labute approximate surface area is 132 Å². The van der Waals surface area contributed by atoms with E-state index in [0.29, 0.717) is 34.5 Å². The summed E-state index contributed by atoms with van der Waals surface area (Å²) in [6.45, 7) is 0.615. The molecule has 0 spiro atoms. The minimum Gasteiger partial charge on any atom is -0.330 e. The van der Waals surface area contributed by atoms with Gasteiger partial charge in [0.1, 0.15) is 0 Å². The van der Waals surface area contributed by atoms with Crippen molar-refractivity contribution in [2.24, 2.45) is 11.5 Å². The van der Waals surface area contributed by atoms with Gasteiger partial charge in [-0.05, 0) is 37.6 Å². The first-order valence-corrected chi connectivity index (χ1v) is 7.38. The summed E-state index contributed by atoms with van der Waals surface area (Å²) in [6, 6.07) is 4.51. The number of nitrogens with zero attached hydrogens (tertiary/aromatic N) is 2. The third kappa shape index (κ3) is 3.85. The van der Waals surface area contributed by atoms with Crippen LogP contribution in [0, 0.1) is 0 Å². The van der Waals surface area contributed by atoms with Crippen LogP contribution in [-0.4, -0.2) is 21.3 Å². The third-order valence-corrected chi connectivity index (χ3v) is 3.54. The van der Waals surface area contributed by atoms with Gasteiger partial charge in [-0.3, -0.25) is 0 Å². The van der Waals surface area contributed by atoms with Crippen molar-refractivity contribution in [1.82, 2.24) is 14.8 Å². The lowest BCUT2D eigenvalue weighted by Crippen LogP contribution is -2.22. The van der Waals surface area contributed by atoms with Crippen molar-refractivity contribution in [3.05, 3.63) is 44.6 Å². The minimum atomic E-state index is -0.377. The van der Waals surface area contributed by atoms with Crippen molar-refractivity contribution in [3.63, 3.8) is 0 Å². The first kappa shape index (κ1) is 16.0. The second kappa shape index (κ2) is 7.09. The lowest BCUT2D eigenvalue weighted by atomic mass is 10.1. The molecule has 0 radical (unpaired) electrons. The van der Waals surface area contributed by atoms with Gasteiger partial charge in [0, 0.05) is 10.0 Å². The molecule has 0 bridgehead atoms. The van der Waals surface area contributed by atoms with Gasteiger partial charge in [0.25, 0.3) is 0 Å². The molecule has 0 saturated carbocycles. The Morgan fingerprint density at radius 1 is 1.24 bits per heavy atom. The van der Waals surface area contributed by atoms with Crippen molar-refractivity contribution in [2.75, 3.05) is 6.54 Å². The number of H-pyrrole nitrogens is 1. The molecule has 2 aromatic rings. The molecule has 1 aromatic carbocycles. The van der Waals surface area contributed by atoms with E-state index in [1.165, 1.54) is 4.57 Å². The number of hydrogen-bond acceptors (Lipinski definition) is 4. The summed E-state index contributed by atoms with van der Waals surface area (Å²) in [5.41, 5.74) is 11.7. The van der Waals surface area contributed by atoms with Crippen LogP contribution >= 0.6 is 23.2 Å². The van der Waals surface area contributed by atoms with E-state index in [2.05, 4.69) is 10.2 Å². The SMILES string of the molecule is NCCCC[C@H](N)c1n[nH]c(=O)n1-c1cc(Cl)cc(Cl)c1. The first-order valence-electron chi connectivity index (χ1n) is 6.62. The second-order valence-electron chi connectivity index (χ2n) is 4.74. The highest BCUT2D eigenvalue weighted by atomic mass is 35.5. The average Bonchev–Trinajstić information content (AvgIpc) is 2.79. The summed E-state index contributed by atoms with van der Waals surface area (Å²) in [7, 11) is 0. The largest absolute Gasteiger partial charge is 0.347 e.